The fourth-order valence-electron chi connectivity index (χ4n) is 2.33. The third-order valence-electron chi connectivity index (χ3n) is 3.71. The molecule has 0 radical (unpaired) electrons. The van der Waals surface area contributed by atoms with Crippen LogP contribution in [0.1, 0.15) is 16.1 Å². The first-order valence-corrected chi connectivity index (χ1v) is 8.08. The first-order chi connectivity index (χ1) is 13.0. The van der Waals surface area contributed by atoms with E-state index in [0.717, 1.165) is 12.1 Å². The Hall–Kier alpha value is -3.42. The maximum Gasteiger partial charge on any atom is 0.271 e. The Bertz CT molecular complexity index is 948. The zero-order valence-corrected chi connectivity index (χ0v) is 14.0. The normalized spacial score (nSPS) is 10.5. The molecule has 1 aromatic heterocycles. The quantitative estimate of drug-likeness (QED) is 0.694. The van der Waals surface area contributed by atoms with Gasteiger partial charge >= 0.3 is 0 Å². The minimum Gasteiger partial charge on any atom is -0.350 e. The van der Waals surface area contributed by atoms with Gasteiger partial charge in [0, 0.05) is 18.3 Å². The summed E-state index contributed by atoms with van der Waals surface area (Å²) in [4.78, 5) is 20.0. The van der Waals surface area contributed by atoms with Gasteiger partial charge in [-0.2, -0.15) is 0 Å². The van der Waals surface area contributed by atoms with Crippen molar-refractivity contribution in [3.05, 3.63) is 83.6 Å². The molecular formula is C19H15F3N4O. The molecule has 0 aliphatic rings. The van der Waals surface area contributed by atoms with Crippen molar-refractivity contribution in [2.75, 3.05) is 11.9 Å². The van der Waals surface area contributed by atoms with E-state index in [1.54, 1.807) is 18.2 Å². The molecule has 0 saturated carbocycles. The van der Waals surface area contributed by atoms with E-state index in [1.165, 1.54) is 24.5 Å². The van der Waals surface area contributed by atoms with E-state index >= 15 is 0 Å². The Labute approximate surface area is 153 Å². The SMILES string of the molecule is O=C(NCCc1ccccc1F)c1cnc(Nc2ccc(F)c(F)c2)cn1. The smallest absolute Gasteiger partial charge is 0.271 e. The molecule has 8 heteroatoms. The van der Waals surface area contributed by atoms with Crippen LogP contribution in [0.3, 0.4) is 0 Å². The first-order valence-electron chi connectivity index (χ1n) is 8.08. The molecule has 27 heavy (non-hydrogen) atoms. The summed E-state index contributed by atoms with van der Waals surface area (Å²) < 4.78 is 39.6. The summed E-state index contributed by atoms with van der Waals surface area (Å²) in [6.07, 6.45) is 2.90. The van der Waals surface area contributed by atoms with E-state index in [-0.39, 0.29) is 23.9 Å². The molecule has 3 rings (SSSR count). The lowest BCUT2D eigenvalue weighted by Crippen LogP contribution is -2.26. The van der Waals surface area contributed by atoms with Crippen molar-refractivity contribution in [1.29, 1.82) is 0 Å². The van der Waals surface area contributed by atoms with Crippen LogP contribution in [-0.4, -0.2) is 22.4 Å². The van der Waals surface area contributed by atoms with E-state index in [4.69, 9.17) is 0 Å². The molecule has 5 nitrogen and oxygen atoms in total. The Kier molecular flexibility index (Phi) is 5.65. The summed E-state index contributed by atoms with van der Waals surface area (Å²) >= 11 is 0. The van der Waals surface area contributed by atoms with Crippen LogP contribution in [0.5, 0.6) is 0 Å². The minimum atomic E-state index is -0.987. The van der Waals surface area contributed by atoms with Crippen LogP contribution in [0.2, 0.25) is 0 Å². The Morgan fingerprint density at radius 1 is 0.926 bits per heavy atom. The van der Waals surface area contributed by atoms with Crippen molar-refractivity contribution in [3.8, 4) is 0 Å². The molecule has 0 aliphatic heterocycles. The number of anilines is 2. The topological polar surface area (TPSA) is 66.9 Å². The molecular weight excluding hydrogens is 357 g/mol. The summed E-state index contributed by atoms with van der Waals surface area (Å²) in [5, 5.41) is 5.39. The van der Waals surface area contributed by atoms with E-state index in [0.29, 0.717) is 17.7 Å². The van der Waals surface area contributed by atoms with Crippen molar-refractivity contribution in [2.45, 2.75) is 6.42 Å². The van der Waals surface area contributed by atoms with Gasteiger partial charge in [-0.05, 0) is 30.2 Å². The van der Waals surface area contributed by atoms with Crippen molar-refractivity contribution >= 4 is 17.4 Å². The molecule has 2 aromatic carbocycles. The fourth-order valence-corrected chi connectivity index (χ4v) is 2.33. The maximum absolute atomic E-state index is 13.5. The predicted octanol–water partition coefficient (Wildman–Crippen LogP) is 3.61. The van der Waals surface area contributed by atoms with Crippen LogP contribution >= 0.6 is 0 Å². The molecule has 2 N–H and O–H groups in total. The summed E-state index contributed by atoms with van der Waals surface area (Å²) in [6, 6.07) is 9.67. The maximum atomic E-state index is 13.5. The third kappa shape index (κ3) is 4.81. The number of carbonyl (C=O) groups excluding carboxylic acids is 1. The monoisotopic (exact) mass is 372 g/mol. The van der Waals surface area contributed by atoms with Crippen LogP contribution in [0.25, 0.3) is 0 Å². The number of benzene rings is 2. The van der Waals surface area contributed by atoms with Gasteiger partial charge in [0.1, 0.15) is 17.3 Å². The summed E-state index contributed by atoms with van der Waals surface area (Å²) in [6.45, 7) is 0.246. The molecule has 0 spiro atoms. The minimum absolute atomic E-state index is 0.0828. The average molecular weight is 372 g/mol. The number of halogens is 3. The van der Waals surface area contributed by atoms with Crippen LogP contribution < -0.4 is 10.6 Å². The predicted molar refractivity (Wildman–Crippen MR) is 94.1 cm³/mol. The Morgan fingerprint density at radius 2 is 1.74 bits per heavy atom. The van der Waals surface area contributed by atoms with E-state index in [1.807, 2.05) is 0 Å². The molecule has 0 aliphatic carbocycles. The second kappa shape index (κ2) is 8.31. The lowest BCUT2D eigenvalue weighted by atomic mass is 10.1. The standard InChI is InChI=1S/C19H15F3N4O/c20-14-4-2-1-3-12(14)7-8-23-19(27)17-10-25-18(11-24-17)26-13-5-6-15(21)16(22)9-13/h1-6,9-11H,7-8H2,(H,23,27)(H,25,26). The highest BCUT2D eigenvalue weighted by Gasteiger charge is 2.09. The van der Waals surface area contributed by atoms with Gasteiger partial charge in [0.25, 0.3) is 5.91 Å². The van der Waals surface area contributed by atoms with Gasteiger partial charge in [-0.1, -0.05) is 18.2 Å². The van der Waals surface area contributed by atoms with Crippen LogP contribution in [0.4, 0.5) is 24.7 Å². The van der Waals surface area contributed by atoms with Gasteiger partial charge < -0.3 is 10.6 Å². The van der Waals surface area contributed by atoms with Crippen molar-refractivity contribution in [1.82, 2.24) is 15.3 Å². The third-order valence-corrected chi connectivity index (χ3v) is 3.71. The number of hydrogen-bond acceptors (Lipinski definition) is 4. The first kappa shape index (κ1) is 18.4. The lowest BCUT2D eigenvalue weighted by molar-refractivity contribution is 0.0948. The summed E-state index contributed by atoms with van der Waals surface area (Å²) in [5.41, 5.74) is 0.889. The molecule has 3 aromatic rings. The van der Waals surface area contributed by atoms with Crippen molar-refractivity contribution < 1.29 is 18.0 Å². The summed E-state index contributed by atoms with van der Waals surface area (Å²) in [7, 11) is 0. The molecule has 0 atom stereocenters. The molecule has 0 saturated heterocycles. The highest BCUT2D eigenvalue weighted by molar-refractivity contribution is 5.92. The van der Waals surface area contributed by atoms with Gasteiger partial charge in [-0.25, -0.2) is 23.1 Å². The van der Waals surface area contributed by atoms with Crippen molar-refractivity contribution in [3.63, 3.8) is 0 Å². The zero-order valence-electron chi connectivity index (χ0n) is 14.0. The second-order valence-electron chi connectivity index (χ2n) is 5.64. The van der Waals surface area contributed by atoms with E-state index < -0.39 is 17.5 Å². The number of aromatic nitrogens is 2. The number of amides is 1. The fraction of sp³-hybridized carbons (Fsp3) is 0.105. The number of rotatable bonds is 6. The van der Waals surface area contributed by atoms with Gasteiger partial charge in [0.2, 0.25) is 0 Å². The number of carbonyl (C=O) groups is 1. The molecule has 0 unspecified atom stereocenters. The largest absolute Gasteiger partial charge is 0.350 e. The van der Waals surface area contributed by atoms with Crippen LogP contribution in [-0.2, 0) is 6.42 Å². The molecule has 138 valence electrons. The van der Waals surface area contributed by atoms with E-state index in [2.05, 4.69) is 20.6 Å². The van der Waals surface area contributed by atoms with Crippen LogP contribution in [0, 0.1) is 17.5 Å². The van der Waals surface area contributed by atoms with Gasteiger partial charge in [0.15, 0.2) is 11.6 Å². The highest BCUT2D eigenvalue weighted by Crippen LogP contribution is 2.17. The summed E-state index contributed by atoms with van der Waals surface area (Å²) in [5.74, 6) is -2.44. The number of nitrogens with one attached hydrogen (secondary N) is 2. The second-order valence-corrected chi connectivity index (χ2v) is 5.64. The van der Waals surface area contributed by atoms with Gasteiger partial charge in [0.05, 0.1) is 12.4 Å². The van der Waals surface area contributed by atoms with Gasteiger partial charge in [-0.3, -0.25) is 4.79 Å². The van der Waals surface area contributed by atoms with Crippen molar-refractivity contribution in [2.24, 2.45) is 0 Å². The number of nitrogens with zero attached hydrogens (tertiary/aromatic N) is 2. The van der Waals surface area contributed by atoms with E-state index in [9.17, 15) is 18.0 Å². The zero-order chi connectivity index (χ0) is 19.2. The Balaban J connectivity index is 1.55. The molecule has 0 fully saturated rings. The lowest BCUT2D eigenvalue weighted by Gasteiger charge is -2.07. The molecule has 0 bridgehead atoms. The van der Waals surface area contributed by atoms with Crippen LogP contribution in [0.15, 0.2) is 54.9 Å². The molecule has 1 amide bonds. The molecule has 1 heterocycles. The highest BCUT2D eigenvalue weighted by atomic mass is 19.2. The average Bonchev–Trinajstić information content (AvgIpc) is 2.67. The van der Waals surface area contributed by atoms with Gasteiger partial charge in [-0.15, -0.1) is 0 Å². The Morgan fingerprint density at radius 3 is 2.44 bits per heavy atom. The number of hydrogen-bond donors (Lipinski definition) is 2.